The Labute approximate surface area is 128 Å². The van der Waals surface area contributed by atoms with E-state index in [1.54, 1.807) is 0 Å². The zero-order valence-electron chi connectivity index (χ0n) is 13.3. The third-order valence-corrected chi connectivity index (χ3v) is 6.29. The first kappa shape index (κ1) is 15.3. The van der Waals surface area contributed by atoms with Gasteiger partial charge in [0.15, 0.2) is 0 Å². The molecule has 3 heteroatoms. The van der Waals surface area contributed by atoms with Crippen LogP contribution in [0.5, 0.6) is 0 Å². The Bertz CT molecular complexity index is 362. The maximum absolute atomic E-state index is 12.4. The van der Waals surface area contributed by atoms with E-state index in [4.69, 9.17) is 0 Å². The first-order valence-corrected chi connectivity index (χ1v) is 9.16. The average molecular weight is 293 g/mol. The summed E-state index contributed by atoms with van der Waals surface area (Å²) < 4.78 is 0. The van der Waals surface area contributed by atoms with Gasteiger partial charge in [0.05, 0.1) is 5.60 Å². The van der Waals surface area contributed by atoms with E-state index >= 15 is 0 Å². The van der Waals surface area contributed by atoms with Crippen molar-refractivity contribution in [1.29, 1.82) is 0 Å². The molecule has 120 valence electrons. The lowest BCUT2D eigenvalue weighted by Gasteiger charge is -2.39. The second-order valence-corrected chi connectivity index (χ2v) is 7.82. The summed E-state index contributed by atoms with van der Waals surface area (Å²) in [6.45, 7) is 0.469. The molecule has 3 fully saturated rings. The van der Waals surface area contributed by atoms with Crippen molar-refractivity contribution in [1.82, 2.24) is 5.32 Å². The molecule has 3 nitrogen and oxygen atoms in total. The summed E-state index contributed by atoms with van der Waals surface area (Å²) in [5.41, 5.74) is -0.629. The maximum atomic E-state index is 12.4. The number of aliphatic hydroxyl groups is 1. The van der Waals surface area contributed by atoms with E-state index in [-0.39, 0.29) is 11.8 Å². The topological polar surface area (TPSA) is 49.3 Å². The zero-order valence-corrected chi connectivity index (χ0v) is 13.3. The molecule has 3 aliphatic carbocycles. The summed E-state index contributed by atoms with van der Waals surface area (Å²) in [7, 11) is 0. The van der Waals surface area contributed by atoms with Gasteiger partial charge in [-0.25, -0.2) is 0 Å². The number of carbonyl (C=O) groups is 1. The molecule has 3 atom stereocenters. The number of hydrogen-bond acceptors (Lipinski definition) is 2. The van der Waals surface area contributed by atoms with Crippen molar-refractivity contribution in [3.63, 3.8) is 0 Å². The molecule has 0 spiro atoms. The minimum Gasteiger partial charge on any atom is -0.388 e. The molecule has 0 aromatic rings. The highest BCUT2D eigenvalue weighted by Crippen LogP contribution is 2.42. The lowest BCUT2D eigenvalue weighted by Crippen LogP contribution is -2.46. The van der Waals surface area contributed by atoms with E-state index in [1.165, 1.54) is 38.5 Å². The van der Waals surface area contributed by atoms with E-state index in [9.17, 15) is 9.90 Å². The third kappa shape index (κ3) is 3.80. The predicted octanol–water partition coefficient (Wildman–Crippen LogP) is 3.40. The van der Waals surface area contributed by atoms with Crippen LogP contribution in [0.25, 0.3) is 0 Å². The summed E-state index contributed by atoms with van der Waals surface area (Å²) in [5, 5.41) is 13.6. The van der Waals surface area contributed by atoms with Gasteiger partial charge in [0.1, 0.15) is 0 Å². The molecule has 3 rings (SSSR count). The quantitative estimate of drug-likeness (QED) is 0.838. The fourth-order valence-corrected chi connectivity index (χ4v) is 4.89. The Hall–Kier alpha value is -0.570. The van der Waals surface area contributed by atoms with Gasteiger partial charge >= 0.3 is 0 Å². The van der Waals surface area contributed by atoms with E-state index in [1.807, 2.05) is 0 Å². The second-order valence-electron chi connectivity index (χ2n) is 7.82. The van der Waals surface area contributed by atoms with Crippen LogP contribution in [-0.2, 0) is 4.79 Å². The van der Waals surface area contributed by atoms with Crippen molar-refractivity contribution in [2.24, 2.45) is 17.8 Å². The number of nitrogens with one attached hydrogen (secondary N) is 1. The SMILES string of the molecule is O=C(NCC1(O)CCCCC1)C1CCC2CCCCC2C1. The fourth-order valence-electron chi connectivity index (χ4n) is 4.89. The lowest BCUT2D eigenvalue weighted by molar-refractivity contribution is -0.128. The molecular formula is C18H31NO2. The van der Waals surface area contributed by atoms with Crippen LogP contribution in [-0.4, -0.2) is 23.2 Å². The van der Waals surface area contributed by atoms with Crippen molar-refractivity contribution < 1.29 is 9.90 Å². The summed E-state index contributed by atoms with van der Waals surface area (Å²) >= 11 is 0. The zero-order chi connectivity index (χ0) is 14.7. The van der Waals surface area contributed by atoms with Gasteiger partial charge in [-0.05, 0) is 43.9 Å². The molecule has 21 heavy (non-hydrogen) atoms. The van der Waals surface area contributed by atoms with Crippen molar-refractivity contribution in [2.45, 2.75) is 82.7 Å². The van der Waals surface area contributed by atoms with Crippen molar-refractivity contribution in [2.75, 3.05) is 6.54 Å². The molecule has 0 aromatic carbocycles. The Kier molecular flexibility index (Phi) is 4.88. The van der Waals surface area contributed by atoms with Crippen LogP contribution in [0.4, 0.5) is 0 Å². The molecule has 1 amide bonds. The molecule has 3 unspecified atom stereocenters. The van der Waals surface area contributed by atoms with Crippen LogP contribution in [0.1, 0.15) is 77.0 Å². The van der Waals surface area contributed by atoms with Crippen LogP contribution in [0, 0.1) is 17.8 Å². The molecule has 2 N–H and O–H groups in total. The van der Waals surface area contributed by atoms with E-state index in [2.05, 4.69) is 5.32 Å². The Morgan fingerprint density at radius 1 is 0.952 bits per heavy atom. The lowest BCUT2D eigenvalue weighted by atomic mass is 9.67. The number of carbonyl (C=O) groups excluding carboxylic acids is 1. The number of hydrogen-bond donors (Lipinski definition) is 2. The van der Waals surface area contributed by atoms with Gasteiger partial charge in [0.25, 0.3) is 0 Å². The molecule has 3 saturated carbocycles. The third-order valence-electron chi connectivity index (χ3n) is 6.29. The van der Waals surface area contributed by atoms with Gasteiger partial charge in [-0.15, -0.1) is 0 Å². The first-order chi connectivity index (χ1) is 10.2. The van der Waals surface area contributed by atoms with Crippen LogP contribution >= 0.6 is 0 Å². The normalized spacial score (nSPS) is 35.8. The highest BCUT2D eigenvalue weighted by molar-refractivity contribution is 5.78. The minimum absolute atomic E-state index is 0.205. The fraction of sp³-hybridized carbons (Fsp3) is 0.944. The molecule has 0 aromatic heterocycles. The Balaban J connectivity index is 1.47. The molecular weight excluding hydrogens is 262 g/mol. The number of rotatable bonds is 3. The van der Waals surface area contributed by atoms with Gasteiger partial charge < -0.3 is 10.4 Å². The standard InChI is InChI=1S/C18H31NO2/c20-17(19-13-18(21)10-4-1-5-11-18)16-9-8-14-6-2-3-7-15(14)12-16/h14-16,21H,1-13H2,(H,19,20). The first-order valence-electron chi connectivity index (χ1n) is 9.16. The number of fused-ring (bicyclic) bond motifs is 1. The largest absolute Gasteiger partial charge is 0.388 e. The van der Waals surface area contributed by atoms with Crippen LogP contribution in [0.2, 0.25) is 0 Å². The number of amides is 1. The molecule has 0 aliphatic heterocycles. The summed E-state index contributed by atoms with van der Waals surface area (Å²) in [6.07, 6.45) is 14.0. The molecule has 0 bridgehead atoms. The van der Waals surface area contributed by atoms with Crippen LogP contribution in [0.3, 0.4) is 0 Å². The van der Waals surface area contributed by atoms with Gasteiger partial charge in [0, 0.05) is 12.5 Å². The van der Waals surface area contributed by atoms with E-state index < -0.39 is 5.60 Å². The second kappa shape index (κ2) is 6.68. The van der Waals surface area contributed by atoms with E-state index in [0.717, 1.165) is 50.4 Å². The highest BCUT2D eigenvalue weighted by Gasteiger charge is 2.36. The monoisotopic (exact) mass is 293 g/mol. The summed E-state index contributed by atoms with van der Waals surface area (Å²) in [4.78, 5) is 12.4. The molecule has 0 heterocycles. The van der Waals surface area contributed by atoms with E-state index in [0.29, 0.717) is 6.54 Å². The average Bonchev–Trinajstić information content (AvgIpc) is 2.53. The van der Waals surface area contributed by atoms with Crippen molar-refractivity contribution in [3.05, 3.63) is 0 Å². The minimum atomic E-state index is -0.629. The maximum Gasteiger partial charge on any atom is 0.223 e. The van der Waals surface area contributed by atoms with Gasteiger partial charge in [-0.2, -0.15) is 0 Å². The summed E-state index contributed by atoms with van der Waals surface area (Å²) in [5.74, 6) is 2.10. The summed E-state index contributed by atoms with van der Waals surface area (Å²) in [6, 6.07) is 0. The van der Waals surface area contributed by atoms with Gasteiger partial charge in [-0.3, -0.25) is 4.79 Å². The Morgan fingerprint density at radius 3 is 2.43 bits per heavy atom. The van der Waals surface area contributed by atoms with Crippen LogP contribution in [0.15, 0.2) is 0 Å². The van der Waals surface area contributed by atoms with Gasteiger partial charge in [0.2, 0.25) is 5.91 Å². The predicted molar refractivity (Wildman–Crippen MR) is 83.8 cm³/mol. The van der Waals surface area contributed by atoms with Crippen molar-refractivity contribution in [3.8, 4) is 0 Å². The highest BCUT2D eigenvalue weighted by atomic mass is 16.3. The van der Waals surface area contributed by atoms with Gasteiger partial charge in [-0.1, -0.05) is 44.9 Å². The van der Waals surface area contributed by atoms with Crippen molar-refractivity contribution >= 4 is 5.91 Å². The molecule has 0 radical (unpaired) electrons. The van der Waals surface area contributed by atoms with Crippen LogP contribution < -0.4 is 5.32 Å². The Morgan fingerprint density at radius 2 is 1.67 bits per heavy atom. The molecule has 3 aliphatic rings. The smallest absolute Gasteiger partial charge is 0.223 e. The molecule has 0 saturated heterocycles.